The molecule has 26 heavy (non-hydrogen) atoms. The number of para-hydroxylation sites is 3. The average Bonchev–Trinajstić information content (AvgIpc) is 3.09. The molecule has 0 fully saturated rings. The van der Waals surface area contributed by atoms with E-state index in [1.807, 2.05) is 61.6 Å². The summed E-state index contributed by atoms with van der Waals surface area (Å²) in [4.78, 5) is 14.3. The molecule has 0 spiro atoms. The van der Waals surface area contributed by atoms with Gasteiger partial charge in [-0.05, 0) is 24.3 Å². The molecule has 0 aliphatic rings. The van der Waals surface area contributed by atoms with E-state index in [1.165, 1.54) is 0 Å². The number of nitrogens with zero attached hydrogens (tertiary/aromatic N) is 3. The number of nitrogens with one attached hydrogen (secondary N) is 2. The maximum Gasteiger partial charge on any atom is 0.193 e. The number of aromatic nitrogens is 2. The van der Waals surface area contributed by atoms with Gasteiger partial charge in [0, 0.05) is 27.1 Å². The van der Waals surface area contributed by atoms with Crippen molar-refractivity contribution in [3.8, 4) is 5.75 Å². The Hall–Kier alpha value is -3.02. The number of benzene rings is 2. The van der Waals surface area contributed by atoms with Gasteiger partial charge < -0.3 is 19.9 Å². The molecule has 6 nitrogen and oxygen atoms in total. The first kappa shape index (κ1) is 17.8. The summed E-state index contributed by atoms with van der Waals surface area (Å²) in [7, 11) is 3.79. The molecule has 0 aliphatic carbocycles. The molecule has 0 saturated heterocycles. The molecule has 1 heterocycles. The molecule has 0 radical (unpaired) electrons. The zero-order chi connectivity index (χ0) is 18.2. The van der Waals surface area contributed by atoms with Crippen LogP contribution in [0.4, 0.5) is 0 Å². The van der Waals surface area contributed by atoms with E-state index in [9.17, 15) is 0 Å². The van der Waals surface area contributed by atoms with E-state index in [4.69, 9.17) is 4.74 Å². The van der Waals surface area contributed by atoms with Crippen LogP contribution >= 0.6 is 0 Å². The second-order valence-electron chi connectivity index (χ2n) is 6.01. The Morgan fingerprint density at radius 2 is 1.92 bits per heavy atom. The first-order chi connectivity index (χ1) is 12.8. The van der Waals surface area contributed by atoms with Crippen LogP contribution in [-0.4, -0.2) is 54.6 Å². The zero-order valence-corrected chi connectivity index (χ0v) is 15.3. The van der Waals surface area contributed by atoms with Gasteiger partial charge in [-0.2, -0.15) is 0 Å². The first-order valence-electron chi connectivity index (χ1n) is 8.79. The van der Waals surface area contributed by atoms with E-state index in [-0.39, 0.29) is 0 Å². The standard InChI is InChI=1S/C20H25N5O/c1-21-20(25(2)14-15-26-16-8-4-3-5-9-16)22-13-12-19-23-17-10-6-7-11-18(17)24-19/h3-11H,12-15H2,1-2H3,(H,21,22)(H,23,24). The molecular formula is C20H25N5O. The van der Waals surface area contributed by atoms with Gasteiger partial charge in [0.25, 0.3) is 0 Å². The van der Waals surface area contributed by atoms with Crippen LogP contribution in [0.15, 0.2) is 59.6 Å². The third-order valence-corrected chi connectivity index (χ3v) is 4.10. The van der Waals surface area contributed by atoms with Crippen LogP contribution in [-0.2, 0) is 6.42 Å². The maximum atomic E-state index is 5.74. The van der Waals surface area contributed by atoms with Crippen molar-refractivity contribution < 1.29 is 4.74 Å². The zero-order valence-electron chi connectivity index (χ0n) is 15.3. The minimum atomic E-state index is 0.602. The number of ether oxygens (including phenoxy) is 1. The van der Waals surface area contributed by atoms with Crippen molar-refractivity contribution in [2.45, 2.75) is 6.42 Å². The van der Waals surface area contributed by atoms with Crippen LogP contribution in [0.1, 0.15) is 5.82 Å². The number of hydrogen-bond donors (Lipinski definition) is 2. The highest BCUT2D eigenvalue weighted by atomic mass is 16.5. The van der Waals surface area contributed by atoms with E-state index in [2.05, 4.69) is 25.2 Å². The highest BCUT2D eigenvalue weighted by Crippen LogP contribution is 2.10. The van der Waals surface area contributed by atoms with Crippen LogP contribution in [0.2, 0.25) is 0 Å². The lowest BCUT2D eigenvalue weighted by atomic mass is 10.3. The smallest absolute Gasteiger partial charge is 0.193 e. The Bertz CT molecular complexity index is 811. The van der Waals surface area contributed by atoms with Crippen LogP contribution < -0.4 is 10.1 Å². The highest BCUT2D eigenvalue weighted by molar-refractivity contribution is 5.79. The van der Waals surface area contributed by atoms with Crippen molar-refractivity contribution in [3.05, 3.63) is 60.4 Å². The summed E-state index contributed by atoms with van der Waals surface area (Å²) < 4.78 is 5.74. The number of H-pyrrole nitrogens is 1. The summed E-state index contributed by atoms with van der Waals surface area (Å²) >= 11 is 0. The predicted molar refractivity (Wildman–Crippen MR) is 106 cm³/mol. The second-order valence-corrected chi connectivity index (χ2v) is 6.01. The van der Waals surface area contributed by atoms with Crippen LogP contribution in [0.25, 0.3) is 11.0 Å². The second kappa shape index (κ2) is 8.89. The van der Waals surface area contributed by atoms with E-state index < -0.39 is 0 Å². The molecule has 6 heteroatoms. The Balaban J connectivity index is 1.43. The lowest BCUT2D eigenvalue weighted by Crippen LogP contribution is -2.41. The molecule has 2 aromatic carbocycles. The van der Waals surface area contributed by atoms with Crippen molar-refractivity contribution in [1.82, 2.24) is 20.2 Å². The normalized spacial score (nSPS) is 11.5. The fourth-order valence-corrected chi connectivity index (χ4v) is 2.72. The SMILES string of the molecule is CN=C(NCCc1nc2ccccc2[nH]1)N(C)CCOc1ccccc1. The minimum absolute atomic E-state index is 0.602. The van der Waals surface area contributed by atoms with E-state index in [0.29, 0.717) is 6.61 Å². The molecule has 0 aliphatic heterocycles. The van der Waals surface area contributed by atoms with Gasteiger partial charge in [0.05, 0.1) is 17.6 Å². The van der Waals surface area contributed by atoms with E-state index in [1.54, 1.807) is 7.05 Å². The molecule has 0 saturated carbocycles. The number of aliphatic imine (C=N–C) groups is 1. The molecule has 3 aromatic rings. The van der Waals surface area contributed by atoms with Gasteiger partial charge in [-0.3, -0.25) is 4.99 Å². The van der Waals surface area contributed by atoms with E-state index >= 15 is 0 Å². The highest BCUT2D eigenvalue weighted by Gasteiger charge is 2.07. The number of guanidine groups is 1. The monoisotopic (exact) mass is 351 g/mol. The summed E-state index contributed by atoms with van der Waals surface area (Å²) in [6, 6.07) is 17.9. The van der Waals surface area contributed by atoms with Gasteiger partial charge >= 0.3 is 0 Å². The summed E-state index contributed by atoms with van der Waals surface area (Å²) in [5.74, 6) is 2.70. The molecule has 0 unspecified atom stereocenters. The van der Waals surface area contributed by atoms with Gasteiger partial charge in [0.15, 0.2) is 5.96 Å². The third-order valence-electron chi connectivity index (χ3n) is 4.10. The molecule has 136 valence electrons. The molecule has 0 amide bonds. The Morgan fingerprint density at radius 3 is 2.69 bits per heavy atom. The first-order valence-corrected chi connectivity index (χ1v) is 8.79. The lowest BCUT2D eigenvalue weighted by Gasteiger charge is -2.22. The Kier molecular flexibility index (Phi) is 6.09. The van der Waals surface area contributed by atoms with Crippen LogP contribution in [0.5, 0.6) is 5.75 Å². The topological polar surface area (TPSA) is 65.5 Å². The van der Waals surface area contributed by atoms with Crippen LogP contribution in [0, 0.1) is 0 Å². The predicted octanol–water partition coefficient (Wildman–Crippen LogP) is 2.69. The van der Waals surface area contributed by atoms with E-state index in [0.717, 1.165) is 48.1 Å². The lowest BCUT2D eigenvalue weighted by molar-refractivity contribution is 0.281. The minimum Gasteiger partial charge on any atom is -0.492 e. The molecule has 3 rings (SSSR count). The molecular weight excluding hydrogens is 326 g/mol. The van der Waals surface area contributed by atoms with Gasteiger partial charge in [0.1, 0.15) is 18.2 Å². The van der Waals surface area contributed by atoms with Crippen molar-refractivity contribution in [2.75, 3.05) is 33.8 Å². The molecule has 1 aromatic heterocycles. The summed E-state index contributed by atoms with van der Waals surface area (Å²) in [6.07, 6.45) is 0.808. The van der Waals surface area contributed by atoms with Gasteiger partial charge in [-0.15, -0.1) is 0 Å². The van der Waals surface area contributed by atoms with Gasteiger partial charge in [-0.25, -0.2) is 4.98 Å². The largest absolute Gasteiger partial charge is 0.492 e. The summed E-state index contributed by atoms with van der Waals surface area (Å²) in [5.41, 5.74) is 2.07. The van der Waals surface area contributed by atoms with Crippen molar-refractivity contribution in [3.63, 3.8) is 0 Å². The van der Waals surface area contributed by atoms with Crippen molar-refractivity contribution in [1.29, 1.82) is 0 Å². The number of likely N-dealkylation sites (N-methyl/N-ethyl adjacent to an activating group) is 1. The Labute approximate surface area is 153 Å². The summed E-state index contributed by atoms with van der Waals surface area (Å²) in [5, 5.41) is 3.37. The number of hydrogen-bond acceptors (Lipinski definition) is 3. The number of rotatable bonds is 7. The molecule has 0 bridgehead atoms. The number of aromatic amines is 1. The summed E-state index contributed by atoms with van der Waals surface area (Å²) in [6.45, 7) is 2.11. The Morgan fingerprint density at radius 1 is 1.15 bits per heavy atom. The third kappa shape index (κ3) is 4.75. The number of imidazole rings is 1. The quantitative estimate of drug-likeness (QED) is 0.507. The van der Waals surface area contributed by atoms with Gasteiger partial charge in [0.2, 0.25) is 0 Å². The average molecular weight is 351 g/mol. The maximum absolute atomic E-state index is 5.74. The van der Waals surface area contributed by atoms with Crippen molar-refractivity contribution >= 4 is 17.0 Å². The molecule has 0 atom stereocenters. The van der Waals surface area contributed by atoms with Gasteiger partial charge in [-0.1, -0.05) is 30.3 Å². The number of fused-ring (bicyclic) bond motifs is 1. The fraction of sp³-hybridized carbons (Fsp3) is 0.300. The fourth-order valence-electron chi connectivity index (χ4n) is 2.72. The van der Waals surface area contributed by atoms with Crippen molar-refractivity contribution in [2.24, 2.45) is 4.99 Å². The van der Waals surface area contributed by atoms with Crippen LogP contribution in [0.3, 0.4) is 0 Å². The molecule has 2 N–H and O–H groups in total.